The number of carbonyl (C=O) groups is 1. The van der Waals surface area contributed by atoms with Crippen LogP contribution in [0.2, 0.25) is 0 Å². The molecule has 1 saturated heterocycles. The summed E-state index contributed by atoms with van der Waals surface area (Å²) in [5.74, 6) is -0.268. The lowest BCUT2D eigenvalue weighted by Crippen LogP contribution is -2.53. The molecule has 0 aromatic heterocycles. The molecule has 1 aliphatic rings. The standard InChI is InChI=1S/C19H21N3O3S2/c1-15-7-9-17(10-8-15)27(24,25)22-13-11-21(12-14-22)19(26)20-18(23)16-5-3-2-4-6-16/h2-10H,11-14H2,1H3,(H,20,23,26). The van der Waals surface area contributed by atoms with Gasteiger partial charge in [0.1, 0.15) is 0 Å². The van der Waals surface area contributed by atoms with Gasteiger partial charge in [0.05, 0.1) is 4.90 Å². The van der Waals surface area contributed by atoms with Gasteiger partial charge in [0.2, 0.25) is 10.0 Å². The Labute approximate surface area is 164 Å². The van der Waals surface area contributed by atoms with Crippen LogP contribution >= 0.6 is 12.2 Å². The first-order valence-electron chi connectivity index (χ1n) is 8.60. The van der Waals surface area contributed by atoms with Crippen LogP contribution in [-0.4, -0.2) is 54.8 Å². The Morgan fingerprint density at radius 1 is 0.963 bits per heavy atom. The average Bonchev–Trinajstić information content (AvgIpc) is 2.69. The lowest BCUT2D eigenvalue weighted by atomic mass is 10.2. The quantitative estimate of drug-likeness (QED) is 0.794. The van der Waals surface area contributed by atoms with Crippen LogP contribution in [0.5, 0.6) is 0 Å². The van der Waals surface area contributed by atoms with Crippen molar-refractivity contribution in [3.8, 4) is 0 Å². The first kappa shape index (κ1) is 19.5. The summed E-state index contributed by atoms with van der Waals surface area (Å²) in [4.78, 5) is 14.3. The third-order valence-corrected chi connectivity index (χ3v) is 6.71. The summed E-state index contributed by atoms with van der Waals surface area (Å²) in [6.07, 6.45) is 0. The number of benzene rings is 2. The zero-order valence-electron chi connectivity index (χ0n) is 15.0. The topological polar surface area (TPSA) is 69.7 Å². The Bertz CT molecular complexity index is 920. The average molecular weight is 404 g/mol. The van der Waals surface area contributed by atoms with Crippen LogP contribution in [0.15, 0.2) is 59.5 Å². The first-order valence-corrected chi connectivity index (χ1v) is 10.4. The molecular weight excluding hydrogens is 382 g/mol. The predicted molar refractivity (Wildman–Crippen MR) is 108 cm³/mol. The number of sulfonamides is 1. The van der Waals surface area contributed by atoms with Crippen LogP contribution in [0.3, 0.4) is 0 Å². The second-order valence-corrected chi connectivity index (χ2v) is 8.65. The van der Waals surface area contributed by atoms with Crippen molar-refractivity contribution in [1.29, 1.82) is 0 Å². The molecule has 0 atom stereocenters. The summed E-state index contributed by atoms with van der Waals surface area (Å²) in [5.41, 5.74) is 1.54. The number of rotatable bonds is 3. The van der Waals surface area contributed by atoms with Gasteiger partial charge in [0, 0.05) is 31.7 Å². The third kappa shape index (κ3) is 4.52. The van der Waals surface area contributed by atoms with Crippen molar-refractivity contribution in [2.45, 2.75) is 11.8 Å². The molecule has 0 saturated carbocycles. The van der Waals surface area contributed by atoms with Gasteiger partial charge in [0.25, 0.3) is 5.91 Å². The van der Waals surface area contributed by atoms with E-state index in [1.54, 1.807) is 48.5 Å². The van der Waals surface area contributed by atoms with E-state index < -0.39 is 10.0 Å². The van der Waals surface area contributed by atoms with Gasteiger partial charge >= 0.3 is 0 Å². The second kappa shape index (κ2) is 8.16. The van der Waals surface area contributed by atoms with Crippen LogP contribution in [0.1, 0.15) is 15.9 Å². The summed E-state index contributed by atoms with van der Waals surface area (Å²) in [5, 5.41) is 3.02. The molecule has 2 aromatic carbocycles. The number of hydrogen-bond acceptors (Lipinski definition) is 4. The maximum Gasteiger partial charge on any atom is 0.257 e. The van der Waals surface area contributed by atoms with Crippen molar-refractivity contribution in [1.82, 2.24) is 14.5 Å². The minimum atomic E-state index is -3.52. The molecule has 8 heteroatoms. The van der Waals surface area contributed by atoms with Crippen molar-refractivity contribution in [3.05, 3.63) is 65.7 Å². The smallest absolute Gasteiger partial charge is 0.257 e. The van der Waals surface area contributed by atoms with E-state index in [2.05, 4.69) is 5.32 Å². The molecule has 0 bridgehead atoms. The summed E-state index contributed by atoms with van der Waals surface area (Å²) in [6, 6.07) is 15.7. The van der Waals surface area contributed by atoms with E-state index in [0.717, 1.165) is 5.56 Å². The summed E-state index contributed by atoms with van der Waals surface area (Å²) < 4.78 is 26.9. The van der Waals surface area contributed by atoms with E-state index in [1.807, 2.05) is 17.9 Å². The summed E-state index contributed by atoms with van der Waals surface area (Å²) in [7, 11) is -3.52. The molecule has 0 radical (unpaired) electrons. The fourth-order valence-corrected chi connectivity index (χ4v) is 4.53. The molecule has 1 N–H and O–H groups in total. The highest BCUT2D eigenvalue weighted by Crippen LogP contribution is 2.18. The molecule has 0 unspecified atom stereocenters. The fourth-order valence-electron chi connectivity index (χ4n) is 2.83. The highest BCUT2D eigenvalue weighted by Gasteiger charge is 2.29. The van der Waals surface area contributed by atoms with Crippen molar-refractivity contribution in [2.24, 2.45) is 0 Å². The van der Waals surface area contributed by atoms with Crippen LogP contribution in [0, 0.1) is 6.92 Å². The van der Waals surface area contributed by atoms with Gasteiger partial charge < -0.3 is 4.90 Å². The van der Waals surface area contributed by atoms with E-state index in [-0.39, 0.29) is 5.91 Å². The molecule has 6 nitrogen and oxygen atoms in total. The normalized spacial score (nSPS) is 15.4. The van der Waals surface area contributed by atoms with Crippen LogP contribution in [-0.2, 0) is 10.0 Å². The minimum absolute atomic E-state index is 0.268. The molecule has 1 heterocycles. The molecule has 142 valence electrons. The van der Waals surface area contributed by atoms with Gasteiger partial charge in [-0.1, -0.05) is 35.9 Å². The molecule has 1 aliphatic heterocycles. The Hall–Kier alpha value is -2.29. The van der Waals surface area contributed by atoms with Gasteiger partial charge in [0.15, 0.2) is 5.11 Å². The zero-order valence-corrected chi connectivity index (χ0v) is 16.6. The number of carbonyl (C=O) groups excluding carboxylic acids is 1. The van der Waals surface area contributed by atoms with Crippen LogP contribution in [0.4, 0.5) is 0 Å². The molecule has 3 rings (SSSR count). The molecule has 1 amide bonds. The van der Waals surface area contributed by atoms with Crippen molar-refractivity contribution in [2.75, 3.05) is 26.2 Å². The fraction of sp³-hybridized carbons (Fsp3) is 0.263. The van der Waals surface area contributed by atoms with E-state index in [0.29, 0.717) is 41.8 Å². The number of nitrogens with zero attached hydrogens (tertiary/aromatic N) is 2. The summed E-state index contributed by atoms with van der Waals surface area (Å²) >= 11 is 5.32. The maximum atomic E-state index is 12.7. The third-order valence-electron chi connectivity index (χ3n) is 4.44. The van der Waals surface area contributed by atoms with Crippen molar-refractivity contribution in [3.63, 3.8) is 0 Å². The maximum absolute atomic E-state index is 12.7. The van der Waals surface area contributed by atoms with Crippen LogP contribution in [0.25, 0.3) is 0 Å². The Kier molecular flexibility index (Phi) is 5.88. The Balaban J connectivity index is 1.59. The number of piperazine rings is 1. The minimum Gasteiger partial charge on any atom is -0.346 e. The molecule has 1 fully saturated rings. The highest BCUT2D eigenvalue weighted by molar-refractivity contribution is 7.89. The number of hydrogen-bond donors (Lipinski definition) is 1. The first-order chi connectivity index (χ1) is 12.9. The lowest BCUT2D eigenvalue weighted by molar-refractivity contribution is 0.0971. The van der Waals surface area contributed by atoms with Gasteiger partial charge in [-0.05, 0) is 43.4 Å². The molecule has 2 aromatic rings. The SMILES string of the molecule is Cc1ccc(S(=O)(=O)N2CCN(C(=S)NC(=O)c3ccccc3)CC2)cc1. The largest absolute Gasteiger partial charge is 0.346 e. The van der Waals surface area contributed by atoms with E-state index in [4.69, 9.17) is 12.2 Å². The summed E-state index contributed by atoms with van der Waals surface area (Å²) in [6.45, 7) is 3.41. The monoisotopic (exact) mass is 403 g/mol. The van der Waals surface area contributed by atoms with Gasteiger partial charge in [-0.2, -0.15) is 4.31 Å². The number of thiocarbonyl (C=S) groups is 1. The van der Waals surface area contributed by atoms with Crippen LogP contribution < -0.4 is 5.32 Å². The highest BCUT2D eigenvalue weighted by atomic mass is 32.2. The van der Waals surface area contributed by atoms with E-state index >= 15 is 0 Å². The number of aryl methyl sites for hydroxylation is 1. The second-order valence-electron chi connectivity index (χ2n) is 6.33. The van der Waals surface area contributed by atoms with Crippen molar-refractivity contribution >= 4 is 33.3 Å². The van der Waals surface area contributed by atoms with Gasteiger partial charge in [-0.3, -0.25) is 10.1 Å². The Morgan fingerprint density at radius 2 is 1.56 bits per heavy atom. The van der Waals surface area contributed by atoms with E-state index in [9.17, 15) is 13.2 Å². The van der Waals surface area contributed by atoms with E-state index in [1.165, 1.54) is 4.31 Å². The molecule has 0 aliphatic carbocycles. The lowest BCUT2D eigenvalue weighted by Gasteiger charge is -2.35. The van der Waals surface area contributed by atoms with Gasteiger partial charge in [-0.15, -0.1) is 0 Å². The molecular formula is C19H21N3O3S2. The Morgan fingerprint density at radius 3 is 2.15 bits per heavy atom. The predicted octanol–water partition coefficient (Wildman–Crippen LogP) is 2.02. The molecule has 27 heavy (non-hydrogen) atoms. The van der Waals surface area contributed by atoms with Gasteiger partial charge in [-0.25, -0.2) is 8.42 Å². The number of nitrogens with one attached hydrogen (secondary N) is 1. The van der Waals surface area contributed by atoms with Crippen molar-refractivity contribution < 1.29 is 13.2 Å². The molecule has 0 spiro atoms. The zero-order chi connectivity index (χ0) is 19.4. The number of amides is 1.